The summed E-state index contributed by atoms with van der Waals surface area (Å²) < 4.78 is 31.1. The Labute approximate surface area is 140 Å². The van der Waals surface area contributed by atoms with Crippen molar-refractivity contribution in [3.8, 4) is 0 Å². The lowest BCUT2D eigenvalue weighted by atomic mass is 9.91. The van der Waals surface area contributed by atoms with Gasteiger partial charge in [-0.2, -0.15) is 0 Å². The summed E-state index contributed by atoms with van der Waals surface area (Å²) in [6.45, 7) is 1.32. The van der Waals surface area contributed by atoms with Crippen LogP contribution in [0.5, 0.6) is 0 Å². The van der Waals surface area contributed by atoms with Crippen LogP contribution in [0, 0.1) is 17.6 Å². The molecule has 0 spiro atoms. The van der Waals surface area contributed by atoms with Crippen LogP contribution >= 0.6 is 0 Å². The number of likely N-dealkylation sites (tertiary alicyclic amines) is 1. The van der Waals surface area contributed by atoms with E-state index in [1.54, 1.807) is 4.90 Å². The maximum atomic E-state index is 13.7. The van der Waals surface area contributed by atoms with Gasteiger partial charge in [0.2, 0.25) is 5.91 Å². The molecule has 2 rings (SSSR count). The van der Waals surface area contributed by atoms with Crippen molar-refractivity contribution in [3.05, 3.63) is 35.4 Å². The van der Waals surface area contributed by atoms with E-state index in [-0.39, 0.29) is 24.7 Å². The second-order valence-electron chi connectivity index (χ2n) is 6.20. The lowest BCUT2D eigenvalue weighted by Crippen LogP contribution is -2.40. The lowest BCUT2D eigenvalue weighted by Gasteiger charge is -2.33. The highest BCUT2D eigenvalue weighted by Crippen LogP contribution is 2.23. The van der Waals surface area contributed by atoms with Crippen molar-refractivity contribution in [1.82, 2.24) is 4.90 Å². The number of hydrogen-bond acceptors (Lipinski definition) is 3. The molecule has 1 aliphatic rings. The summed E-state index contributed by atoms with van der Waals surface area (Å²) in [5, 5.41) is 0. The van der Waals surface area contributed by atoms with Crippen LogP contribution in [0.25, 0.3) is 0 Å². The van der Waals surface area contributed by atoms with Crippen LogP contribution in [0.2, 0.25) is 0 Å². The highest BCUT2D eigenvalue weighted by atomic mass is 19.1. The number of methoxy groups -OCH3 is 1. The van der Waals surface area contributed by atoms with Gasteiger partial charge in [-0.05, 0) is 43.2 Å². The summed E-state index contributed by atoms with van der Waals surface area (Å²) >= 11 is 0. The van der Waals surface area contributed by atoms with Crippen LogP contribution in [0.1, 0.15) is 37.7 Å². The van der Waals surface area contributed by atoms with Crippen LogP contribution in [-0.2, 0) is 20.7 Å². The number of halogens is 2. The highest BCUT2D eigenvalue weighted by molar-refractivity contribution is 5.81. The number of hydrogen-bond donors (Lipinski definition) is 0. The smallest absolute Gasteiger partial charge is 0.306 e. The molecule has 0 saturated carbocycles. The molecule has 1 atom stereocenters. The number of carbonyl (C=O) groups excluding carboxylic acids is 2. The average molecular weight is 339 g/mol. The van der Waals surface area contributed by atoms with Crippen LogP contribution in [0.4, 0.5) is 8.78 Å². The van der Waals surface area contributed by atoms with E-state index in [1.807, 2.05) is 0 Å². The summed E-state index contributed by atoms with van der Waals surface area (Å²) in [6.07, 6.45) is 3.43. The van der Waals surface area contributed by atoms with E-state index >= 15 is 0 Å². The highest BCUT2D eigenvalue weighted by Gasteiger charge is 2.24. The van der Waals surface area contributed by atoms with Gasteiger partial charge in [-0.3, -0.25) is 9.59 Å². The van der Waals surface area contributed by atoms with Gasteiger partial charge in [0, 0.05) is 25.6 Å². The molecule has 24 heavy (non-hydrogen) atoms. The zero-order chi connectivity index (χ0) is 17.5. The monoisotopic (exact) mass is 339 g/mol. The Morgan fingerprint density at radius 1 is 1.29 bits per heavy atom. The van der Waals surface area contributed by atoms with Crippen molar-refractivity contribution in [2.24, 2.45) is 5.92 Å². The molecular formula is C18H23F2NO3. The molecule has 1 fully saturated rings. The molecule has 0 N–H and O–H groups in total. The quantitative estimate of drug-likeness (QED) is 0.748. The van der Waals surface area contributed by atoms with Crippen molar-refractivity contribution < 1.29 is 23.1 Å². The molecule has 4 nitrogen and oxygen atoms in total. The Balaban J connectivity index is 1.82. The maximum absolute atomic E-state index is 13.7. The van der Waals surface area contributed by atoms with Crippen molar-refractivity contribution in [2.45, 2.75) is 38.5 Å². The summed E-state index contributed by atoms with van der Waals surface area (Å²) in [5.41, 5.74) is 0.505. The fourth-order valence-corrected chi connectivity index (χ4v) is 3.08. The predicted octanol–water partition coefficient (Wildman–Crippen LogP) is 3.09. The number of rotatable bonds is 6. The van der Waals surface area contributed by atoms with Crippen LogP contribution in [0.3, 0.4) is 0 Å². The van der Waals surface area contributed by atoms with Gasteiger partial charge in [-0.25, -0.2) is 8.78 Å². The zero-order valence-electron chi connectivity index (χ0n) is 13.9. The van der Waals surface area contributed by atoms with E-state index in [0.717, 1.165) is 25.3 Å². The Hall–Kier alpha value is -1.98. The largest absolute Gasteiger partial charge is 0.469 e. The number of nitrogens with zero attached hydrogens (tertiary/aromatic N) is 1. The number of esters is 1. The van der Waals surface area contributed by atoms with Crippen molar-refractivity contribution in [3.63, 3.8) is 0 Å². The molecule has 1 unspecified atom stereocenters. The van der Waals surface area contributed by atoms with E-state index in [2.05, 4.69) is 4.74 Å². The first-order valence-electron chi connectivity index (χ1n) is 8.28. The van der Waals surface area contributed by atoms with Crippen LogP contribution in [-0.4, -0.2) is 37.0 Å². The van der Waals surface area contributed by atoms with E-state index in [1.165, 1.54) is 19.2 Å². The molecular weight excluding hydrogens is 316 g/mol. The summed E-state index contributed by atoms with van der Waals surface area (Å²) in [4.78, 5) is 25.0. The molecule has 1 saturated heterocycles. The molecule has 1 heterocycles. The number of ether oxygens (including phenoxy) is 1. The van der Waals surface area contributed by atoms with Crippen molar-refractivity contribution in [2.75, 3.05) is 20.2 Å². The molecule has 1 aromatic carbocycles. The molecule has 0 aromatic heterocycles. The Morgan fingerprint density at radius 3 is 2.79 bits per heavy atom. The van der Waals surface area contributed by atoms with Gasteiger partial charge in [0.1, 0.15) is 11.6 Å². The molecule has 132 valence electrons. The van der Waals surface area contributed by atoms with Gasteiger partial charge >= 0.3 is 5.97 Å². The van der Waals surface area contributed by atoms with Crippen molar-refractivity contribution >= 4 is 11.9 Å². The minimum Gasteiger partial charge on any atom is -0.469 e. The maximum Gasteiger partial charge on any atom is 0.306 e. The average Bonchev–Trinajstić information content (AvgIpc) is 2.58. The lowest BCUT2D eigenvalue weighted by molar-refractivity contribution is -0.144. The zero-order valence-corrected chi connectivity index (χ0v) is 13.9. The number of carbonyl (C=O) groups is 2. The number of piperidine rings is 1. The number of aryl methyl sites for hydroxylation is 1. The first kappa shape index (κ1) is 18.4. The van der Waals surface area contributed by atoms with Gasteiger partial charge in [-0.15, -0.1) is 0 Å². The Morgan fingerprint density at radius 2 is 2.08 bits per heavy atom. The molecule has 6 heteroatoms. The van der Waals surface area contributed by atoms with Crippen LogP contribution < -0.4 is 0 Å². The van der Waals surface area contributed by atoms with Gasteiger partial charge in [-0.1, -0.05) is 6.07 Å². The SMILES string of the molecule is COC(=O)CCC(=O)N1CCCC(CCc2ccc(F)cc2F)C1. The van der Waals surface area contributed by atoms with Gasteiger partial charge in [0.05, 0.1) is 13.5 Å². The first-order valence-corrected chi connectivity index (χ1v) is 8.28. The minimum absolute atomic E-state index is 0.0435. The normalized spacial score (nSPS) is 17.6. The second kappa shape index (κ2) is 8.76. The third kappa shape index (κ3) is 5.28. The third-order valence-corrected chi connectivity index (χ3v) is 4.48. The van der Waals surface area contributed by atoms with Gasteiger partial charge < -0.3 is 9.64 Å². The van der Waals surface area contributed by atoms with Crippen molar-refractivity contribution in [1.29, 1.82) is 0 Å². The van der Waals surface area contributed by atoms with Gasteiger partial charge in [0.25, 0.3) is 0 Å². The minimum atomic E-state index is -0.573. The fraction of sp³-hybridized carbons (Fsp3) is 0.556. The summed E-state index contributed by atoms with van der Waals surface area (Å²) in [6, 6.07) is 3.65. The molecule has 0 radical (unpaired) electrons. The molecule has 0 aliphatic carbocycles. The summed E-state index contributed by atoms with van der Waals surface area (Å²) in [5.74, 6) is -1.22. The molecule has 1 aliphatic heterocycles. The number of amides is 1. The summed E-state index contributed by atoms with van der Waals surface area (Å²) in [7, 11) is 1.30. The van der Waals surface area contributed by atoms with Crippen LogP contribution in [0.15, 0.2) is 18.2 Å². The van der Waals surface area contributed by atoms with E-state index in [4.69, 9.17) is 0 Å². The van der Waals surface area contributed by atoms with E-state index < -0.39 is 11.6 Å². The predicted molar refractivity (Wildman–Crippen MR) is 85.2 cm³/mol. The molecule has 1 amide bonds. The van der Waals surface area contributed by atoms with E-state index in [0.29, 0.717) is 31.0 Å². The van der Waals surface area contributed by atoms with Gasteiger partial charge in [0.15, 0.2) is 0 Å². The molecule has 0 bridgehead atoms. The molecule has 1 aromatic rings. The van der Waals surface area contributed by atoms with E-state index in [9.17, 15) is 18.4 Å². The third-order valence-electron chi connectivity index (χ3n) is 4.48. The Kier molecular flexibility index (Phi) is 6.70. The Bertz CT molecular complexity index is 592. The standard InChI is InChI=1S/C18H23F2NO3/c1-24-18(23)9-8-17(22)21-10-2-3-13(12-21)4-5-14-6-7-15(19)11-16(14)20/h6-7,11,13H,2-5,8-10,12H2,1H3. The first-order chi connectivity index (χ1) is 11.5. The fourth-order valence-electron chi connectivity index (χ4n) is 3.08. The second-order valence-corrected chi connectivity index (χ2v) is 6.20. The number of benzene rings is 1. The topological polar surface area (TPSA) is 46.6 Å².